The average molecular weight is 545 g/mol. The third-order valence-corrected chi connectivity index (χ3v) is 7.98. The Kier molecular flexibility index (Phi) is 5.97. The number of halogens is 3. The van der Waals surface area contributed by atoms with Gasteiger partial charge in [0.05, 0.1) is 22.3 Å². The van der Waals surface area contributed by atoms with Crippen LogP contribution in [0.25, 0.3) is 0 Å². The van der Waals surface area contributed by atoms with Gasteiger partial charge < -0.3 is 10.1 Å². The first-order valence-corrected chi connectivity index (χ1v) is 12.7. The maximum absolute atomic E-state index is 13.2. The molecule has 1 aromatic heterocycles. The highest BCUT2D eigenvalue weighted by molar-refractivity contribution is 7.92. The SMILES string of the molecule is O=C(Oc1cnccc1CC1CC12NC(=O)N(c1ccc(S(=O)(=O)C(F)(F)F)cc1)C2=O)c1ccccc1. The van der Waals surface area contributed by atoms with E-state index in [1.807, 2.05) is 0 Å². The molecule has 2 unspecified atom stereocenters. The summed E-state index contributed by atoms with van der Waals surface area (Å²) in [6.07, 6.45) is 3.43. The number of carbonyl (C=O) groups is 3. The van der Waals surface area contributed by atoms with Crippen molar-refractivity contribution < 1.29 is 40.7 Å². The first-order chi connectivity index (χ1) is 17.9. The number of urea groups is 1. The third kappa shape index (κ3) is 4.28. The molecule has 2 atom stereocenters. The minimum absolute atomic E-state index is 0.0717. The standard InChI is InChI=1S/C25H18F3N3O6S/c26-25(27,28)38(35,36)19-8-6-18(7-9-19)31-22(33)24(30-23(31)34)13-17(24)12-16-10-11-29-14-20(16)37-21(32)15-4-2-1-3-5-15/h1-11,14,17H,12-13H2,(H,30,34). The minimum Gasteiger partial charge on any atom is -0.421 e. The van der Waals surface area contributed by atoms with Crippen LogP contribution in [-0.4, -0.2) is 42.4 Å². The van der Waals surface area contributed by atoms with Gasteiger partial charge in [0, 0.05) is 6.20 Å². The molecule has 1 aliphatic carbocycles. The molecule has 2 aliphatic rings. The van der Waals surface area contributed by atoms with E-state index in [2.05, 4.69) is 10.3 Å². The van der Waals surface area contributed by atoms with Crippen molar-refractivity contribution in [1.29, 1.82) is 0 Å². The van der Waals surface area contributed by atoms with E-state index in [0.29, 0.717) is 23.3 Å². The van der Waals surface area contributed by atoms with Crippen LogP contribution in [0.4, 0.5) is 23.7 Å². The molecule has 38 heavy (non-hydrogen) atoms. The zero-order valence-electron chi connectivity index (χ0n) is 19.3. The van der Waals surface area contributed by atoms with Gasteiger partial charge in [-0.05, 0) is 66.8 Å². The number of ether oxygens (including phenoxy) is 1. The van der Waals surface area contributed by atoms with Crippen LogP contribution in [0.1, 0.15) is 22.3 Å². The first kappa shape index (κ1) is 25.4. The van der Waals surface area contributed by atoms with Crippen LogP contribution in [0, 0.1) is 5.92 Å². The molecule has 1 saturated heterocycles. The van der Waals surface area contributed by atoms with E-state index >= 15 is 0 Å². The molecule has 13 heteroatoms. The lowest BCUT2D eigenvalue weighted by molar-refractivity contribution is -0.119. The average Bonchev–Trinajstić information content (AvgIpc) is 3.50. The highest BCUT2D eigenvalue weighted by Gasteiger charge is 2.67. The van der Waals surface area contributed by atoms with E-state index in [9.17, 15) is 36.0 Å². The number of carbonyl (C=O) groups excluding carboxylic acids is 3. The second kappa shape index (κ2) is 8.94. The highest BCUT2D eigenvalue weighted by atomic mass is 32.2. The number of alkyl halides is 3. The van der Waals surface area contributed by atoms with Crippen molar-refractivity contribution >= 4 is 33.4 Å². The number of anilines is 1. The van der Waals surface area contributed by atoms with Gasteiger partial charge in [-0.2, -0.15) is 13.2 Å². The fourth-order valence-corrected chi connectivity index (χ4v) is 5.16. The first-order valence-electron chi connectivity index (χ1n) is 11.2. The molecular weight excluding hydrogens is 527 g/mol. The number of nitrogens with zero attached hydrogens (tertiary/aromatic N) is 2. The fraction of sp³-hybridized carbons (Fsp3) is 0.200. The van der Waals surface area contributed by atoms with Crippen molar-refractivity contribution in [3.8, 4) is 5.75 Å². The molecule has 1 aliphatic heterocycles. The van der Waals surface area contributed by atoms with Gasteiger partial charge in [0.2, 0.25) is 0 Å². The van der Waals surface area contributed by atoms with Crippen molar-refractivity contribution in [2.75, 3.05) is 4.90 Å². The van der Waals surface area contributed by atoms with Gasteiger partial charge in [-0.1, -0.05) is 18.2 Å². The smallest absolute Gasteiger partial charge is 0.421 e. The predicted octanol–water partition coefficient (Wildman–Crippen LogP) is 3.65. The summed E-state index contributed by atoms with van der Waals surface area (Å²) in [6, 6.07) is 12.5. The van der Waals surface area contributed by atoms with Gasteiger partial charge >= 0.3 is 17.5 Å². The van der Waals surface area contributed by atoms with E-state index in [1.165, 1.54) is 12.4 Å². The number of aromatic nitrogens is 1. The number of sulfone groups is 1. The lowest BCUT2D eigenvalue weighted by atomic mass is 10.1. The fourth-order valence-electron chi connectivity index (χ4n) is 4.39. The summed E-state index contributed by atoms with van der Waals surface area (Å²) in [7, 11) is -5.57. The minimum atomic E-state index is -5.57. The molecule has 3 amide bonds. The maximum Gasteiger partial charge on any atom is 0.501 e. The van der Waals surface area contributed by atoms with Gasteiger partial charge in [0.15, 0.2) is 5.75 Å². The van der Waals surface area contributed by atoms with Crippen molar-refractivity contribution in [2.24, 2.45) is 5.92 Å². The summed E-state index contributed by atoms with van der Waals surface area (Å²) in [5, 5.41) is 2.64. The molecule has 2 fully saturated rings. The van der Waals surface area contributed by atoms with Crippen molar-refractivity contribution in [2.45, 2.75) is 28.8 Å². The number of imide groups is 1. The molecule has 5 rings (SSSR count). The largest absolute Gasteiger partial charge is 0.501 e. The molecule has 0 radical (unpaired) electrons. The van der Waals surface area contributed by atoms with E-state index < -0.39 is 43.7 Å². The zero-order valence-corrected chi connectivity index (χ0v) is 20.1. The van der Waals surface area contributed by atoms with Crippen molar-refractivity contribution in [1.82, 2.24) is 10.3 Å². The summed E-state index contributed by atoms with van der Waals surface area (Å²) in [6.45, 7) is 0. The lowest BCUT2D eigenvalue weighted by Crippen LogP contribution is -2.35. The van der Waals surface area contributed by atoms with Crippen LogP contribution in [0.5, 0.6) is 5.75 Å². The Morgan fingerprint density at radius 1 is 1.08 bits per heavy atom. The number of hydrogen-bond donors (Lipinski definition) is 1. The maximum atomic E-state index is 13.2. The van der Waals surface area contributed by atoms with Gasteiger partial charge in [0.1, 0.15) is 5.54 Å². The molecule has 196 valence electrons. The van der Waals surface area contributed by atoms with Crippen molar-refractivity contribution in [3.05, 3.63) is 84.2 Å². The molecule has 0 bridgehead atoms. The van der Waals surface area contributed by atoms with Crippen LogP contribution in [-0.2, 0) is 21.1 Å². The Balaban J connectivity index is 1.32. The summed E-state index contributed by atoms with van der Waals surface area (Å²) in [5.41, 5.74) is -5.86. The number of esters is 1. The number of amides is 3. The number of pyridine rings is 1. The van der Waals surface area contributed by atoms with E-state index in [4.69, 9.17) is 4.74 Å². The highest BCUT2D eigenvalue weighted by Crippen LogP contribution is 2.51. The van der Waals surface area contributed by atoms with E-state index in [1.54, 1.807) is 36.4 Å². The van der Waals surface area contributed by atoms with Gasteiger partial charge in [-0.25, -0.2) is 22.9 Å². The van der Waals surface area contributed by atoms with Gasteiger partial charge in [0.25, 0.3) is 15.7 Å². The molecule has 1 spiro atoms. The Morgan fingerprint density at radius 2 is 1.76 bits per heavy atom. The Morgan fingerprint density at radius 3 is 2.42 bits per heavy atom. The van der Waals surface area contributed by atoms with Gasteiger partial charge in [-0.15, -0.1) is 0 Å². The van der Waals surface area contributed by atoms with E-state index in [-0.39, 0.29) is 30.2 Å². The summed E-state index contributed by atoms with van der Waals surface area (Å²) in [4.78, 5) is 42.1. The zero-order chi connectivity index (χ0) is 27.3. The Labute approximate surface area is 214 Å². The molecule has 2 aromatic carbocycles. The molecule has 9 nitrogen and oxygen atoms in total. The second-order valence-electron chi connectivity index (χ2n) is 8.83. The van der Waals surface area contributed by atoms with Crippen molar-refractivity contribution in [3.63, 3.8) is 0 Å². The van der Waals surface area contributed by atoms with Crippen LogP contribution in [0.2, 0.25) is 0 Å². The third-order valence-electron chi connectivity index (χ3n) is 6.48. The Hall–Kier alpha value is -4.26. The summed E-state index contributed by atoms with van der Waals surface area (Å²) in [5.74, 6) is -1.35. The monoisotopic (exact) mass is 545 g/mol. The predicted molar refractivity (Wildman–Crippen MR) is 126 cm³/mol. The molecule has 2 heterocycles. The number of hydrogen-bond acceptors (Lipinski definition) is 7. The summed E-state index contributed by atoms with van der Waals surface area (Å²) < 4.78 is 67.1. The lowest BCUT2D eigenvalue weighted by Gasteiger charge is -2.15. The molecule has 1 N–H and O–H groups in total. The number of rotatable bonds is 6. The number of benzene rings is 2. The quantitative estimate of drug-likeness (QED) is 0.371. The summed E-state index contributed by atoms with van der Waals surface area (Å²) >= 11 is 0. The van der Waals surface area contributed by atoms with Gasteiger partial charge in [-0.3, -0.25) is 9.78 Å². The molecular formula is C25H18F3N3O6S. The van der Waals surface area contributed by atoms with Crippen LogP contribution >= 0.6 is 0 Å². The normalized spacial score (nSPS) is 20.9. The molecule has 3 aromatic rings. The van der Waals surface area contributed by atoms with Crippen LogP contribution < -0.4 is 15.0 Å². The number of nitrogens with one attached hydrogen (secondary N) is 1. The second-order valence-corrected chi connectivity index (χ2v) is 10.8. The van der Waals surface area contributed by atoms with Crippen LogP contribution in [0.15, 0.2) is 78.0 Å². The van der Waals surface area contributed by atoms with E-state index in [0.717, 1.165) is 17.0 Å². The topological polar surface area (TPSA) is 123 Å². The van der Waals surface area contributed by atoms with Crippen LogP contribution in [0.3, 0.4) is 0 Å². The molecule has 1 saturated carbocycles. The Bertz CT molecular complexity index is 1540.